The molecule has 61 heavy (non-hydrogen) atoms. The van der Waals surface area contributed by atoms with Gasteiger partial charge in [-0.2, -0.15) is 5.26 Å². The number of hydrogen-bond donors (Lipinski definition) is 1. The lowest BCUT2D eigenvalue weighted by Crippen LogP contribution is -2.77. The molecule has 14 nitrogen and oxygen atoms in total. The molecule has 4 fully saturated rings. The highest BCUT2D eigenvalue weighted by atomic mass is 35.5. The summed E-state index contributed by atoms with van der Waals surface area (Å²) in [5.41, 5.74) is 6.08. The number of nitrogens with two attached hydrogens (primary N) is 1. The third kappa shape index (κ3) is 7.29. The molecule has 1 aromatic heterocycles. The number of nitrogens with zero attached hydrogens (tertiary/aromatic N) is 7. The van der Waals surface area contributed by atoms with Crippen LogP contribution in [0.25, 0.3) is 0 Å². The average Bonchev–Trinajstić information content (AvgIpc) is 3.47. The van der Waals surface area contributed by atoms with Crippen molar-refractivity contribution in [2.75, 3.05) is 42.5 Å². The summed E-state index contributed by atoms with van der Waals surface area (Å²) in [6, 6.07) is 14.6. The van der Waals surface area contributed by atoms with E-state index in [1.54, 1.807) is 36.4 Å². The minimum absolute atomic E-state index is 0.0110. The number of pyridine rings is 1. The molecule has 5 amide bonds. The van der Waals surface area contributed by atoms with E-state index in [1.165, 1.54) is 11.1 Å². The standard InChI is InChI=1S/C46H53ClN8O6/c1-26-23-52(24-27(2)53(26)25-28-15-17-51(18-16-28)37-13-8-30(22-50-37)39(49)57)31-9-11-33-34(19-31)41(59)54(40(33)58)36-12-14-38(56)55(42(36)60)43-45(3,4)44(46(43,5)6)61-32-10-7-29(21-48)35(47)20-32/h7-11,13,19-20,22,26-28,36,43-44H,12,14-18,23-25H2,1-6H3,(H2,49,57)/t26-,27-,36-,43?,44?/m1/s1. The second-order valence-electron chi connectivity index (χ2n) is 18.7. The van der Waals surface area contributed by atoms with Crippen molar-refractivity contribution in [2.45, 2.75) is 97.5 Å². The van der Waals surface area contributed by atoms with E-state index in [4.69, 9.17) is 22.1 Å². The molecule has 0 radical (unpaired) electrons. The summed E-state index contributed by atoms with van der Waals surface area (Å²) in [4.78, 5) is 81.7. The van der Waals surface area contributed by atoms with Crippen molar-refractivity contribution in [3.05, 3.63) is 82.0 Å². The van der Waals surface area contributed by atoms with Gasteiger partial charge in [0.25, 0.3) is 17.7 Å². The van der Waals surface area contributed by atoms with Gasteiger partial charge in [0.2, 0.25) is 11.8 Å². The minimum Gasteiger partial charge on any atom is -0.489 e. The Labute approximate surface area is 361 Å². The molecule has 1 saturated carbocycles. The van der Waals surface area contributed by atoms with E-state index in [-0.39, 0.29) is 47.0 Å². The van der Waals surface area contributed by atoms with Crippen molar-refractivity contribution in [3.63, 3.8) is 0 Å². The molecular weight excluding hydrogens is 796 g/mol. The quantitative estimate of drug-likeness (QED) is 0.269. The second kappa shape index (κ2) is 15.7. The van der Waals surface area contributed by atoms with Crippen LogP contribution in [-0.2, 0) is 9.59 Å². The van der Waals surface area contributed by atoms with Crippen LogP contribution in [0.2, 0.25) is 5.02 Å². The zero-order valence-electron chi connectivity index (χ0n) is 35.6. The van der Waals surface area contributed by atoms with Gasteiger partial charge >= 0.3 is 0 Å². The molecule has 1 aliphatic carbocycles. The summed E-state index contributed by atoms with van der Waals surface area (Å²) >= 11 is 6.29. The SMILES string of the molecule is C[C@@H]1CN(c2ccc3c(c2)C(=O)N([C@@H]2CCC(=O)N(C4C(C)(C)C(Oc5ccc(C#N)c(Cl)c5)C4(C)C)C2=O)C3=O)C[C@@H](C)N1CC1CCN(c2ccc(C(N)=O)cn2)CC1. The number of imide groups is 2. The summed E-state index contributed by atoms with van der Waals surface area (Å²) in [5, 5.41) is 9.57. The largest absolute Gasteiger partial charge is 0.489 e. The first-order chi connectivity index (χ1) is 28.9. The molecule has 2 aromatic carbocycles. The number of piperidine rings is 2. The monoisotopic (exact) mass is 848 g/mol. The van der Waals surface area contributed by atoms with Crippen LogP contribution in [0.1, 0.15) is 104 Å². The van der Waals surface area contributed by atoms with Gasteiger partial charge in [0.05, 0.1) is 33.3 Å². The lowest BCUT2D eigenvalue weighted by molar-refractivity contribution is -0.216. The Balaban J connectivity index is 0.914. The highest BCUT2D eigenvalue weighted by molar-refractivity contribution is 6.31. The number of halogens is 1. The number of anilines is 2. The highest BCUT2D eigenvalue weighted by Crippen LogP contribution is 2.58. The first-order valence-electron chi connectivity index (χ1n) is 21.2. The number of fused-ring (bicyclic) bond motifs is 1. The van der Waals surface area contributed by atoms with Crippen molar-refractivity contribution in [1.82, 2.24) is 19.7 Å². The van der Waals surface area contributed by atoms with Crippen LogP contribution in [0.5, 0.6) is 5.75 Å². The molecule has 15 heteroatoms. The van der Waals surface area contributed by atoms with Gasteiger partial charge < -0.3 is 20.3 Å². The summed E-state index contributed by atoms with van der Waals surface area (Å²) in [6.45, 7) is 16.5. The predicted molar refractivity (Wildman–Crippen MR) is 229 cm³/mol. The van der Waals surface area contributed by atoms with E-state index < -0.39 is 52.6 Å². The number of benzene rings is 2. The maximum atomic E-state index is 14.5. The van der Waals surface area contributed by atoms with Crippen molar-refractivity contribution in [1.29, 1.82) is 5.26 Å². The van der Waals surface area contributed by atoms with Gasteiger partial charge in [-0.1, -0.05) is 39.3 Å². The normalized spacial score (nSPS) is 26.6. The number of primary amides is 1. The van der Waals surface area contributed by atoms with Gasteiger partial charge in [0, 0.05) is 80.0 Å². The Morgan fingerprint density at radius 3 is 2.16 bits per heavy atom. The Hall–Kier alpha value is -5.52. The van der Waals surface area contributed by atoms with Gasteiger partial charge in [-0.3, -0.25) is 38.7 Å². The smallest absolute Gasteiger partial charge is 0.262 e. The van der Waals surface area contributed by atoms with Crippen molar-refractivity contribution < 1.29 is 28.7 Å². The summed E-state index contributed by atoms with van der Waals surface area (Å²) in [7, 11) is 0. The molecular formula is C46H53ClN8O6. The summed E-state index contributed by atoms with van der Waals surface area (Å²) < 4.78 is 6.41. The molecule has 320 valence electrons. The lowest BCUT2D eigenvalue weighted by atomic mass is 9.48. The fourth-order valence-corrected chi connectivity index (χ4v) is 11.4. The fraction of sp³-hybridized carbons (Fsp3) is 0.500. The molecule has 8 rings (SSSR count). The molecule has 0 unspecified atom stereocenters. The van der Waals surface area contributed by atoms with Gasteiger partial charge in [-0.05, 0) is 81.5 Å². The first kappa shape index (κ1) is 42.2. The first-order valence-corrected chi connectivity index (χ1v) is 21.6. The van der Waals surface area contributed by atoms with Crippen LogP contribution in [0, 0.1) is 28.1 Å². The maximum absolute atomic E-state index is 14.5. The fourth-order valence-electron chi connectivity index (χ4n) is 11.2. The molecule has 2 N–H and O–H groups in total. The molecule has 0 spiro atoms. The summed E-state index contributed by atoms with van der Waals surface area (Å²) in [5.74, 6) is -0.577. The van der Waals surface area contributed by atoms with Gasteiger partial charge in [-0.25, -0.2) is 4.98 Å². The number of aromatic nitrogens is 1. The third-order valence-corrected chi connectivity index (χ3v) is 14.2. The Kier molecular flexibility index (Phi) is 10.9. The predicted octanol–water partition coefficient (Wildman–Crippen LogP) is 5.52. The van der Waals surface area contributed by atoms with Crippen molar-refractivity contribution >= 4 is 52.6 Å². The number of nitriles is 1. The molecule has 4 aliphatic heterocycles. The zero-order chi connectivity index (χ0) is 43.7. The number of ether oxygens (including phenoxy) is 1. The highest BCUT2D eigenvalue weighted by Gasteiger charge is 2.68. The van der Waals surface area contributed by atoms with E-state index in [0.29, 0.717) is 22.8 Å². The van der Waals surface area contributed by atoms with Gasteiger partial charge in [0.1, 0.15) is 29.8 Å². The molecule has 0 bridgehead atoms. The van der Waals surface area contributed by atoms with Gasteiger partial charge in [0.15, 0.2) is 0 Å². The van der Waals surface area contributed by atoms with E-state index in [2.05, 4.69) is 33.5 Å². The second-order valence-corrected chi connectivity index (χ2v) is 19.1. The van der Waals surface area contributed by atoms with E-state index in [9.17, 15) is 29.2 Å². The molecule has 5 heterocycles. The average molecular weight is 849 g/mol. The van der Waals surface area contributed by atoms with Crippen LogP contribution in [0.15, 0.2) is 54.7 Å². The van der Waals surface area contributed by atoms with E-state index in [0.717, 1.165) is 62.0 Å². The Bertz CT molecular complexity index is 2310. The van der Waals surface area contributed by atoms with Crippen molar-refractivity contribution in [2.24, 2.45) is 22.5 Å². The molecule has 3 saturated heterocycles. The molecule has 3 aromatic rings. The van der Waals surface area contributed by atoms with Gasteiger partial charge in [-0.15, -0.1) is 0 Å². The van der Waals surface area contributed by atoms with Crippen molar-refractivity contribution in [3.8, 4) is 11.8 Å². The summed E-state index contributed by atoms with van der Waals surface area (Å²) in [6.07, 6.45) is 3.24. The third-order valence-electron chi connectivity index (χ3n) is 13.9. The number of amides is 5. The van der Waals surface area contributed by atoms with Crippen LogP contribution >= 0.6 is 11.6 Å². The minimum atomic E-state index is -1.12. The van der Waals surface area contributed by atoms with E-state index in [1.807, 2.05) is 45.9 Å². The number of likely N-dealkylation sites (tertiary alicyclic amines) is 1. The molecule has 5 aliphatic rings. The van der Waals surface area contributed by atoms with E-state index >= 15 is 0 Å². The Morgan fingerprint density at radius 1 is 0.885 bits per heavy atom. The number of hydrogen-bond acceptors (Lipinski definition) is 11. The Morgan fingerprint density at radius 2 is 1.56 bits per heavy atom. The number of piperazine rings is 1. The zero-order valence-corrected chi connectivity index (χ0v) is 36.3. The van der Waals surface area contributed by atoms with Crippen LogP contribution in [0.3, 0.4) is 0 Å². The molecule has 3 atom stereocenters. The number of rotatable bonds is 9. The number of carbonyl (C=O) groups excluding carboxylic acids is 5. The maximum Gasteiger partial charge on any atom is 0.262 e. The van der Waals surface area contributed by atoms with Crippen LogP contribution in [0.4, 0.5) is 11.5 Å². The topological polar surface area (TPSA) is 173 Å². The van der Waals surface area contributed by atoms with Crippen LogP contribution in [-0.4, -0.2) is 112 Å². The lowest BCUT2D eigenvalue weighted by Gasteiger charge is -2.65. The van der Waals surface area contributed by atoms with Crippen LogP contribution < -0.4 is 20.3 Å². The number of carbonyl (C=O) groups is 5.